The highest BCUT2D eigenvalue weighted by atomic mass is 16.6. The van der Waals surface area contributed by atoms with Gasteiger partial charge in [0.05, 0.1) is 5.56 Å². The summed E-state index contributed by atoms with van der Waals surface area (Å²) in [4.78, 5) is 27.1. The highest BCUT2D eigenvalue weighted by Crippen LogP contribution is 2.24. The number of nitrogens with zero attached hydrogens (tertiary/aromatic N) is 2. The molecule has 0 saturated carbocycles. The molecule has 1 aliphatic heterocycles. The van der Waals surface area contributed by atoms with E-state index in [9.17, 15) is 14.7 Å². The summed E-state index contributed by atoms with van der Waals surface area (Å²) in [5, 5.41) is 9.22. The number of carbonyl (C=O) groups is 2. The lowest BCUT2D eigenvalue weighted by Crippen LogP contribution is -2.50. The third-order valence-electron chi connectivity index (χ3n) is 3.81. The van der Waals surface area contributed by atoms with Crippen LogP contribution < -0.4 is 4.90 Å². The first-order chi connectivity index (χ1) is 10.7. The Morgan fingerprint density at radius 3 is 2.26 bits per heavy atom. The Hall–Kier alpha value is -2.24. The Labute approximate surface area is 136 Å². The van der Waals surface area contributed by atoms with Crippen LogP contribution in [0.25, 0.3) is 0 Å². The van der Waals surface area contributed by atoms with Crippen LogP contribution in [0.3, 0.4) is 0 Å². The van der Waals surface area contributed by atoms with Crippen molar-refractivity contribution in [3.8, 4) is 0 Å². The van der Waals surface area contributed by atoms with E-state index in [2.05, 4.69) is 4.90 Å². The zero-order chi connectivity index (χ0) is 17.2. The molecule has 0 radical (unpaired) electrons. The molecule has 1 heterocycles. The molecular formula is C17H24N2O4. The number of hydrogen-bond donors (Lipinski definition) is 1. The van der Waals surface area contributed by atoms with Gasteiger partial charge in [0.2, 0.25) is 0 Å². The lowest BCUT2D eigenvalue weighted by atomic mass is 10.1. The molecular weight excluding hydrogens is 296 g/mol. The summed E-state index contributed by atoms with van der Waals surface area (Å²) in [5.74, 6) is -0.920. The van der Waals surface area contributed by atoms with Crippen molar-refractivity contribution < 1.29 is 19.4 Å². The number of piperazine rings is 1. The molecule has 2 rings (SSSR count). The van der Waals surface area contributed by atoms with Gasteiger partial charge in [-0.15, -0.1) is 0 Å². The van der Waals surface area contributed by atoms with Crippen LogP contribution in [0.15, 0.2) is 18.2 Å². The van der Waals surface area contributed by atoms with Crippen LogP contribution in [0.4, 0.5) is 10.5 Å². The van der Waals surface area contributed by atoms with E-state index in [4.69, 9.17) is 4.74 Å². The molecule has 23 heavy (non-hydrogen) atoms. The second-order valence-electron chi connectivity index (χ2n) is 6.71. The van der Waals surface area contributed by atoms with Gasteiger partial charge < -0.3 is 19.6 Å². The number of carboxylic acids is 1. The molecule has 0 atom stereocenters. The molecule has 1 saturated heterocycles. The first-order valence-corrected chi connectivity index (χ1v) is 7.75. The Kier molecular flexibility index (Phi) is 4.82. The van der Waals surface area contributed by atoms with Gasteiger partial charge in [0.15, 0.2) is 0 Å². The van der Waals surface area contributed by atoms with E-state index in [1.807, 2.05) is 33.8 Å². The minimum Gasteiger partial charge on any atom is -0.478 e. The summed E-state index contributed by atoms with van der Waals surface area (Å²) in [6.07, 6.45) is -0.298. The van der Waals surface area contributed by atoms with Gasteiger partial charge in [-0.3, -0.25) is 0 Å². The normalized spacial score (nSPS) is 15.5. The van der Waals surface area contributed by atoms with Crippen LogP contribution >= 0.6 is 0 Å². The average Bonchev–Trinajstić information content (AvgIpc) is 2.45. The van der Waals surface area contributed by atoms with Gasteiger partial charge in [0, 0.05) is 31.9 Å². The Morgan fingerprint density at radius 1 is 1.13 bits per heavy atom. The lowest BCUT2D eigenvalue weighted by molar-refractivity contribution is 0.0240. The Bertz CT molecular complexity index is 599. The smallest absolute Gasteiger partial charge is 0.410 e. The summed E-state index contributed by atoms with van der Waals surface area (Å²) < 4.78 is 5.38. The Morgan fingerprint density at radius 2 is 1.74 bits per heavy atom. The maximum Gasteiger partial charge on any atom is 0.410 e. The summed E-state index contributed by atoms with van der Waals surface area (Å²) in [7, 11) is 0. The maximum absolute atomic E-state index is 12.1. The third-order valence-corrected chi connectivity index (χ3v) is 3.81. The number of benzene rings is 1. The zero-order valence-corrected chi connectivity index (χ0v) is 14.1. The predicted octanol–water partition coefficient (Wildman–Crippen LogP) is 2.75. The highest BCUT2D eigenvalue weighted by molar-refractivity contribution is 5.91. The molecule has 0 aliphatic carbocycles. The number of carbonyl (C=O) groups excluding carboxylic acids is 1. The van der Waals surface area contributed by atoms with E-state index in [0.29, 0.717) is 31.7 Å². The van der Waals surface area contributed by atoms with E-state index in [0.717, 1.165) is 11.3 Å². The minimum absolute atomic E-state index is 0.298. The minimum atomic E-state index is -0.920. The number of amides is 1. The molecule has 1 aromatic carbocycles. The SMILES string of the molecule is Cc1c(C(=O)O)cccc1N1CCN(C(=O)OC(C)(C)C)CC1. The number of anilines is 1. The van der Waals surface area contributed by atoms with Crippen LogP contribution in [0.5, 0.6) is 0 Å². The fraction of sp³-hybridized carbons (Fsp3) is 0.529. The maximum atomic E-state index is 12.1. The molecule has 126 valence electrons. The second-order valence-corrected chi connectivity index (χ2v) is 6.71. The highest BCUT2D eigenvalue weighted by Gasteiger charge is 2.26. The van der Waals surface area contributed by atoms with Crippen molar-refractivity contribution in [2.75, 3.05) is 31.1 Å². The molecule has 6 heteroatoms. The molecule has 0 aromatic heterocycles. The molecule has 1 amide bonds. The van der Waals surface area contributed by atoms with Crippen LogP contribution in [0, 0.1) is 6.92 Å². The summed E-state index contributed by atoms with van der Waals surface area (Å²) >= 11 is 0. The van der Waals surface area contributed by atoms with Crippen molar-refractivity contribution in [1.29, 1.82) is 0 Å². The van der Waals surface area contributed by atoms with Crippen LogP contribution in [0.2, 0.25) is 0 Å². The summed E-state index contributed by atoms with van der Waals surface area (Å²) in [5.41, 5.74) is 1.48. The quantitative estimate of drug-likeness (QED) is 0.907. The second kappa shape index (κ2) is 6.48. The largest absolute Gasteiger partial charge is 0.478 e. The van der Waals surface area contributed by atoms with Gasteiger partial charge in [-0.1, -0.05) is 6.07 Å². The van der Waals surface area contributed by atoms with E-state index < -0.39 is 11.6 Å². The molecule has 1 N–H and O–H groups in total. The number of carboxylic acid groups (broad SMARTS) is 1. The monoisotopic (exact) mass is 320 g/mol. The van der Waals surface area contributed by atoms with E-state index in [1.54, 1.807) is 17.0 Å². The van der Waals surface area contributed by atoms with Crippen molar-refractivity contribution in [3.05, 3.63) is 29.3 Å². The van der Waals surface area contributed by atoms with Gasteiger partial charge in [0.1, 0.15) is 5.60 Å². The molecule has 6 nitrogen and oxygen atoms in total. The van der Waals surface area contributed by atoms with Gasteiger partial charge in [-0.2, -0.15) is 0 Å². The molecule has 0 spiro atoms. The first kappa shape index (κ1) is 17.1. The van der Waals surface area contributed by atoms with Crippen LogP contribution in [-0.4, -0.2) is 53.8 Å². The third kappa shape index (κ3) is 4.15. The Balaban J connectivity index is 2.04. The molecule has 1 aromatic rings. The summed E-state index contributed by atoms with van der Waals surface area (Å²) in [6, 6.07) is 5.29. The van der Waals surface area contributed by atoms with Crippen molar-refractivity contribution >= 4 is 17.7 Å². The number of aromatic carboxylic acids is 1. The first-order valence-electron chi connectivity index (χ1n) is 7.75. The molecule has 1 fully saturated rings. The van der Waals surface area contributed by atoms with Crippen molar-refractivity contribution in [2.24, 2.45) is 0 Å². The number of hydrogen-bond acceptors (Lipinski definition) is 4. The fourth-order valence-corrected chi connectivity index (χ4v) is 2.65. The van der Waals surface area contributed by atoms with Crippen molar-refractivity contribution in [1.82, 2.24) is 4.90 Å². The topological polar surface area (TPSA) is 70.1 Å². The van der Waals surface area contributed by atoms with Crippen molar-refractivity contribution in [3.63, 3.8) is 0 Å². The van der Waals surface area contributed by atoms with Gasteiger partial charge in [-0.05, 0) is 45.4 Å². The lowest BCUT2D eigenvalue weighted by Gasteiger charge is -2.37. The average molecular weight is 320 g/mol. The van der Waals surface area contributed by atoms with E-state index in [1.165, 1.54) is 0 Å². The number of ether oxygens (including phenoxy) is 1. The molecule has 0 bridgehead atoms. The van der Waals surface area contributed by atoms with Gasteiger partial charge in [0.25, 0.3) is 0 Å². The van der Waals surface area contributed by atoms with Crippen LogP contribution in [0.1, 0.15) is 36.7 Å². The van der Waals surface area contributed by atoms with Crippen LogP contribution in [-0.2, 0) is 4.74 Å². The predicted molar refractivity (Wildman–Crippen MR) is 88.2 cm³/mol. The summed E-state index contributed by atoms with van der Waals surface area (Å²) in [6.45, 7) is 9.80. The van der Waals surface area contributed by atoms with Gasteiger partial charge in [-0.25, -0.2) is 9.59 Å². The zero-order valence-electron chi connectivity index (χ0n) is 14.1. The standard InChI is InChI=1S/C17H24N2O4/c1-12-13(15(20)21)6-5-7-14(12)18-8-10-19(11-9-18)16(22)23-17(2,3)4/h5-7H,8-11H2,1-4H3,(H,20,21). The number of rotatable bonds is 2. The van der Waals surface area contributed by atoms with E-state index in [-0.39, 0.29) is 6.09 Å². The van der Waals surface area contributed by atoms with E-state index >= 15 is 0 Å². The molecule has 0 unspecified atom stereocenters. The fourth-order valence-electron chi connectivity index (χ4n) is 2.65. The van der Waals surface area contributed by atoms with Gasteiger partial charge >= 0.3 is 12.1 Å². The van der Waals surface area contributed by atoms with Crippen molar-refractivity contribution in [2.45, 2.75) is 33.3 Å². The molecule has 1 aliphatic rings.